The van der Waals surface area contributed by atoms with Gasteiger partial charge in [-0.2, -0.15) is 0 Å². The summed E-state index contributed by atoms with van der Waals surface area (Å²) in [5, 5.41) is 10.7. The zero-order chi connectivity index (χ0) is 10.3. The van der Waals surface area contributed by atoms with Gasteiger partial charge in [0.25, 0.3) is 0 Å². The zero-order valence-corrected chi connectivity index (χ0v) is 7.88. The highest BCUT2D eigenvalue weighted by molar-refractivity contribution is 5.98. The predicted molar refractivity (Wildman–Crippen MR) is 57.8 cm³/mol. The van der Waals surface area contributed by atoms with Crippen LogP contribution in [0.15, 0.2) is 42.7 Å². The molecule has 0 aliphatic carbocycles. The fourth-order valence-electron chi connectivity index (χ4n) is 1.76. The van der Waals surface area contributed by atoms with Gasteiger partial charge in [-0.25, -0.2) is 4.98 Å². The first-order valence-electron chi connectivity index (χ1n) is 4.68. The van der Waals surface area contributed by atoms with Crippen molar-refractivity contribution in [2.75, 3.05) is 0 Å². The van der Waals surface area contributed by atoms with Crippen molar-refractivity contribution in [2.45, 2.75) is 0 Å². The van der Waals surface area contributed by atoms with E-state index in [4.69, 9.17) is 0 Å². The summed E-state index contributed by atoms with van der Waals surface area (Å²) in [6, 6.07) is 9.68. The third kappa shape index (κ3) is 1.13. The number of para-hydroxylation sites is 1. The summed E-state index contributed by atoms with van der Waals surface area (Å²) in [7, 11) is 0. The van der Waals surface area contributed by atoms with Gasteiger partial charge < -0.3 is 5.11 Å². The predicted octanol–water partition coefficient (Wildman–Crippen LogP) is 2.44. The number of aromatic nitrogens is 2. The Morgan fingerprint density at radius 1 is 1.07 bits per heavy atom. The molecule has 0 saturated heterocycles. The van der Waals surface area contributed by atoms with Crippen LogP contribution in [0.4, 0.5) is 0 Å². The standard InChI is InChI=1S/C12H8N2O/c15-11-7-13-6-5-9-8-3-1-2-4-10(8)14-12(9)11/h1-7,15H. The maximum atomic E-state index is 9.71. The summed E-state index contributed by atoms with van der Waals surface area (Å²) < 4.78 is 0. The number of rotatable bonds is 0. The van der Waals surface area contributed by atoms with E-state index in [0.29, 0.717) is 5.69 Å². The molecule has 0 bridgehead atoms. The fourth-order valence-corrected chi connectivity index (χ4v) is 1.76. The zero-order valence-electron chi connectivity index (χ0n) is 7.88. The Balaban J connectivity index is 2.53. The molecular formula is C12H8N2O. The minimum absolute atomic E-state index is 0.117. The third-order valence-corrected chi connectivity index (χ3v) is 2.45. The van der Waals surface area contributed by atoms with Gasteiger partial charge in [-0.1, -0.05) is 18.2 Å². The second-order valence-corrected chi connectivity index (χ2v) is 3.37. The van der Waals surface area contributed by atoms with E-state index in [9.17, 15) is 5.11 Å². The van der Waals surface area contributed by atoms with E-state index in [2.05, 4.69) is 9.97 Å². The van der Waals surface area contributed by atoms with Crippen molar-refractivity contribution in [1.82, 2.24) is 9.97 Å². The van der Waals surface area contributed by atoms with Crippen molar-refractivity contribution in [2.24, 2.45) is 0 Å². The Morgan fingerprint density at radius 2 is 1.93 bits per heavy atom. The SMILES string of the molecule is Oc1cnccc2c3ccccc3nc1-2. The molecule has 0 unspecified atom stereocenters. The molecule has 0 spiro atoms. The summed E-state index contributed by atoms with van der Waals surface area (Å²) in [6.45, 7) is 0. The average Bonchev–Trinajstić information content (AvgIpc) is 2.54. The minimum Gasteiger partial charge on any atom is -0.504 e. The fraction of sp³-hybridized carbons (Fsp3) is 0. The van der Waals surface area contributed by atoms with Gasteiger partial charge in [0, 0.05) is 17.1 Å². The van der Waals surface area contributed by atoms with E-state index in [1.807, 2.05) is 30.3 Å². The van der Waals surface area contributed by atoms with Gasteiger partial charge in [0.2, 0.25) is 0 Å². The number of hydrogen-bond acceptors (Lipinski definition) is 3. The Kier molecular flexibility index (Phi) is 1.59. The molecule has 0 fully saturated rings. The van der Waals surface area contributed by atoms with Crippen LogP contribution in [0.2, 0.25) is 0 Å². The first-order valence-corrected chi connectivity index (χ1v) is 4.68. The van der Waals surface area contributed by atoms with Crippen LogP contribution in [0.5, 0.6) is 5.75 Å². The van der Waals surface area contributed by atoms with Gasteiger partial charge in [-0.3, -0.25) is 4.98 Å². The van der Waals surface area contributed by atoms with E-state index in [1.165, 1.54) is 6.20 Å². The molecule has 0 saturated carbocycles. The Hall–Kier alpha value is -2.16. The lowest BCUT2D eigenvalue weighted by Crippen LogP contribution is -1.71. The molecule has 72 valence electrons. The topological polar surface area (TPSA) is 46.0 Å². The van der Waals surface area contributed by atoms with Gasteiger partial charge in [0.1, 0.15) is 5.69 Å². The third-order valence-electron chi connectivity index (χ3n) is 2.45. The van der Waals surface area contributed by atoms with E-state index in [0.717, 1.165) is 16.5 Å². The largest absolute Gasteiger partial charge is 0.504 e. The quantitative estimate of drug-likeness (QED) is 0.600. The summed E-state index contributed by atoms with van der Waals surface area (Å²) in [5.74, 6) is 0.117. The van der Waals surface area contributed by atoms with Crippen LogP contribution in [0.25, 0.3) is 22.2 Å². The summed E-state index contributed by atoms with van der Waals surface area (Å²) in [5.41, 5.74) is 2.43. The van der Waals surface area contributed by atoms with Crippen molar-refractivity contribution in [1.29, 1.82) is 0 Å². The highest BCUT2D eigenvalue weighted by Gasteiger charge is 2.13. The molecule has 15 heavy (non-hydrogen) atoms. The lowest BCUT2D eigenvalue weighted by atomic mass is 10.1. The van der Waals surface area contributed by atoms with E-state index in [1.54, 1.807) is 6.20 Å². The number of benzene rings is 1. The summed E-state index contributed by atoms with van der Waals surface area (Å²) >= 11 is 0. The van der Waals surface area contributed by atoms with E-state index >= 15 is 0 Å². The molecule has 1 aromatic carbocycles. The molecule has 0 radical (unpaired) electrons. The normalized spacial score (nSPS) is 10.9. The molecule has 0 aromatic heterocycles. The summed E-state index contributed by atoms with van der Waals surface area (Å²) in [6.07, 6.45) is 3.07. The maximum Gasteiger partial charge on any atom is 0.160 e. The average molecular weight is 196 g/mol. The molecule has 1 aromatic rings. The van der Waals surface area contributed by atoms with Crippen LogP contribution in [-0.4, -0.2) is 15.1 Å². The van der Waals surface area contributed by atoms with Crippen molar-refractivity contribution >= 4 is 10.9 Å². The molecule has 2 heterocycles. The molecule has 1 N–H and O–H groups in total. The highest BCUT2D eigenvalue weighted by atomic mass is 16.3. The van der Waals surface area contributed by atoms with Crippen LogP contribution in [0, 0.1) is 0 Å². The van der Waals surface area contributed by atoms with Crippen molar-refractivity contribution in [3.05, 3.63) is 42.7 Å². The Morgan fingerprint density at radius 3 is 2.87 bits per heavy atom. The first kappa shape index (κ1) is 8.17. The van der Waals surface area contributed by atoms with Gasteiger partial charge >= 0.3 is 0 Å². The van der Waals surface area contributed by atoms with Gasteiger partial charge in [-0.05, 0) is 12.1 Å². The smallest absolute Gasteiger partial charge is 0.160 e. The maximum absolute atomic E-state index is 9.71. The number of aromatic hydroxyl groups is 1. The van der Waals surface area contributed by atoms with E-state index < -0.39 is 0 Å². The van der Waals surface area contributed by atoms with Crippen LogP contribution < -0.4 is 0 Å². The number of hydrogen-bond donors (Lipinski definition) is 1. The van der Waals surface area contributed by atoms with Gasteiger partial charge in [-0.15, -0.1) is 0 Å². The molecule has 2 aliphatic heterocycles. The van der Waals surface area contributed by atoms with Crippen LogP contribution >= 0.6 is 0 Å². The monoisotopic (exact) mass is 196 g/mol. The summed E-state index contributed by atoms with van der Waals surface area (Å²) in [4.78, 5) is 8.28. The molecule has 3 rings (SSSR count). The van der Waals surface area contributed by atoms with Crippen LogP contribution in [-0.2, 0) is 0 Å². The molecule has 3 heteroatoms. The van der Waals surface area contributed by atoms with Crippen LogP contribution in [0.3, 0.4) is 0 Å². The van der Waals surface area contributed by atoms with Gasteiger partial charge in [0.05, 0.1) is 11.7 Å². The second-order valence-electron chi connectivity index (χ2n) is 3.37. The second kappa shape index (κ2) is 2.92. The minimum atomic E-state index is 0.117. The number of fused-ring (bicyclic) bond motifs is 3. The highest BCUT2D eigenvalue weighted by Crippen LogP contribution is 2.34. The van der Waals surface area contributed by atoms with E-state index in [-0.39, 0.29) is 5.75 Å². The lowest BCUT2D eigenvalue weighted by molar-refractivity contribution is 0.474. The Labute approximate surface area is 86.4 Å². The Bertz CT molecular complexity index is 607. The molecule has 3 nitrogen and oxygen atoms in total. The molecule has 0 amide bonds. The molecular weight excluding hydrogens is 188 g/mol. The van der Waals surface area contributed by atoms with Crippen molar-refractivity contribution < 1.29 is 5.11 Å². The molecule has 2 aliphatic rings. The molecule has 0 atom stereocenters. The van der Waals surface area contributed by atoms with Crippen LogP contribution in [0.1, 0.15) is 0 Å². The van der Waals surface area contributed by atoms with Crippen molar-refractivity contribution in [3.63, 3.8) is 0 Å². The number of nitrogens with zero attached hydrogens (tertiary/aromatic N) is 2. The lowest BCUT2D eigenvalue weighted by Gasteiger charge is -1.92. The first-order chi connectivity index (χ1) is 7.36. The van der Waals surface area contributed by atoms with Crippen molar-refractivity contribution in [3.8, 4) is 17.0 Å². The van der Waals surface area contributed by atoms with Gasteiger partial charge in [0.15, 0.2) is 5.75 Å².